The Hall–Kier alpha value is -1.79. The van der Waals surface area contributed by atoms with Crippen LogP contribution in [0.1, 0.15) is 44.2 Å². The number of aliphatic imine (C=N–C) groups is 1. The Morgan fingerprint density at radius 2 is 2.03 bits per heavy atom. The summed E-state index contributed by atoms with van der Waals surface area (Å²) in [5, 5.41) is 4.40. The molecule has 0 bridgehead atoms. The van der Waals surface area contributed by atoms with Crippen LogP contribution in [0.15, 0.2) is 29.3 Å². The summed E-state index contributed by atoms with van der Waals surface area (Å²) in [4.78, 5) is 21.2. The largest absolute Gasteiger partial charge is 0.466 e. The van der Waals surface area contributed by atoms with Crippen LogP contribution in [0.4, 0.5) is 0 Å². The molecule has 7 heteroatoms. The maximum atomic E-state index is 12.0. The average molecular weight is 435 g/mol. The van der Waals surface area contributed by atoms with Crippen molar-refractivity contribution >= 4 is 23.5 Å². The minimum absolute atomic E-state index is 0.0125. The molecule has 2 unspecified atom stereocenters. The van der Waals surface area contributed by atoms with Gasteiger partial charge in [-0.15, -0.1) is 0 Å². The molecule has 0 aromatic heterocycles. The molecule has 2 aliphatic rings. The van der Waals surface area contributed by atoms with Crippen molar-refractivity contribution in [3.8, 4) is 0 Å². The molecule has 1 N–H and O–H groups in total. The Kier molecular flexibility index (Phi) is 8.40. The summed E-state index contributed by atoms with van der Waals surface area (Å²) < 4.78 is 5.19. The molecular weight excluding hydrogens is 400 g/mol. The monoisotopic (exact) mass is 434 g/mol. The summed E-state index contributed by atoms with van der Waals surface area (Å²) in [6, 6.07) is 8.59. The van der Waals surface area contributed by atoms with E-state index in [1.165, 1.54) is 18.4 Å². The van der Waals surface area contributed by atoms with E-state index in [2.05, 4.69) is 39.3 Å². The van der Waals surface area contributed by atoms with Gasteiger partial charge in [0, 0.05) is 37.7 Å². The molecule has 3 rings (SSSR count). The minimum atomic E-state index is -0.0605. The number of hydrogen-bond donors (Lipinski definition) is 1. The second kappa shape index (κ2) is 11.0. The number of benzene rings is 1. The fourth-order valence-corrected chi connectivity index (χ4v) is 5.03. The number of rotatable bonds is 5. The highest BCUT2D eigenvalue weighted by Gasteiger charge is 2.32. The molecular formula is C23H35ClN4O2. The first-order valence-electron chi connectivity index (χ1n) is 11.1. The second-order valence-electron chi connectivity index (χ2n) is 8.32. The highest BCUT2D eigenvalue weighted by Crippen LogP contribution is 2.35. The van der Waals surface area contributed by atoms with Crippen molar-refractivity contribution in [2.75, 3.05) is 46.9 Å². The molecule has 0 saturated carbocycles. The van der Waals surface area contributed by atoms with Gasteiger partial charge in [-0.05, 0) is 69.8 Å². The SMILES string of the molecule is CCOC(=O)C1CCN(C(=NC)NCC2CCCN(C)C2c2cccc(Cl)c2)CC1. The zero-order chi connectivity index (χ0) is 21.5. The van der Waals surface area contributed by atoms with Crippen molar-refractivity contribution in [3.05, 3.63) is 34.9 Å². The molecule has 0 aliphatic carbocycles. The molecule has 2 saturated heterocycles. The number of guanidine groups is 1. The molecule has 2 aliphatic heterocycles. The van der Waals surface area contributed by atoms with Crippen LogP contribution in [0, 0.1) is 11.8 Å². The summed E-state index contributed by atoms with van der Waals surface area (Å²) in [6.45, 7) is 5.93. The standard InChI is InChI=1S/C23H35ClN4O2/c1-4-30-22(29)17-10-13-28(14-11-17)23(25-2)26-16-19-8-6-12-27(3)21(19)18-7-5-9-20(24)15-18/h5,7,9,15,17,19,21H,4,6,8,10-14,16H2,1-3H3,(H,25,26). The van der Waals surface area contributed by atoms with Crippen LogP contribution in [0.2, 0.25) is 5.02 Å². The van der Waals surface area contributed by atoms with Gasteiger partial charge >= 0.3 is 5.97 Å². The minimum Gasteiger partial charge on any atom is -0.466 e. The van der Waals surface area contributed by atoms with Gasteiger partial charge in [-0.2, -0.15) is 0 Å². The maximum absolute atomic E-state index is 12.0. The van der Waals surface area contributed by atoms with Gasteiger partial charge in [0.05, 0.1) is 12.5 Å². The number of nitrogens with one attached hydrogen (secondary N) is 1. The summed E-state index contributed by atoms with van der Waals surface area (Å²) in [5.41, 5.74) is 1.28. The third kappa shape index (κ3) is 5.67. The summed E-state index contributed by atoms with van der Waals surface area (Å²) in [6.07, 6.45) is 4.01. The van der Waals surface area contributed by atoms with Gasteiger partial charge in [0.1, 0.15) is 0 Å². The zero-order valence-electron chi connectivity index (χ0n) is 18.4. The van der Waals surface area contributed by atoms with Gasteiger partial charge in [-0.25, -0.2) is 0 Å². The number of hydrogen-bond acceptors (Lipinski definition) is 4. The molecule has 2 atom stereocenters. The number of ether oxygens (including phenoxy) is 1. The van der Waals surface area contributed by atoms with E-state index < -0.39 is 0 Å². The smallest absolute Gasteiger partial charge is 0.309 e. The van der Waals surface area contributed by atoms with Crippen LogP contribution in [-0.2, 0) is 9.53 Å². The molecule has 0 spiro atoms. The Bertz CT molecular complexity index is 734. The predicted molar refractivity (Wildman–Crippen MR) is 122 cm³/mol. The Morgan fingerprint density at radius 1 is 1.27 bits per heavy atom. The highest BCUT2D eigenvalue weighted by molar-refractivity contribution is 6.30. The van der Waals surface area contributed by atoms with E-state index in [0.717, 1.165) is 50.0 Å². The van der Waals surface area contributed by atoms with E-state index in [9.17, 15) is 4.79 Å². The van der Waals surface area contributed by atoms with Crippen molar-refractivity contribution in [2.24, 2.45) is 16.8 Å². The second-order valence-corrected chi connectivity index (χ2v) is 8.76. The molecule has 2 heterocycles. The van der Waals surface area contributed by atoms with Crippen LogP contribution in [0.5, 0.6) is 0 Å². The zero-order valence-corrected chi connectivity index (χ0v) is 19.2. The van der Waals surface area contributed by atoms with Crippen molar-refractivity contribution in [2.45, 2.75) is 38.6 Å². The van der Waals surface area contributed by atoms with Crippen molar-refractivity contribution in [1.29, 1.82) is 0 Å². The fraction of sp³-hybridized carbons (Fsp3) is 0.652. The number of carbonyl (C=O) groups excluding carboxylic acids is 1. The molecule has 0 amide bonds. The molecule has 166 valence electrons. The molecule has 2 fully saturated rings. The van der Waals surface area contributed by atoms with Gasteiger partial charge in [-0.1, -0.05) is 23.7 Å². The number of piperidine rings is 2. The number of nitrogens with zero attached hydrogens (tertiary/aromatic N) is 3. The van der Waals surface area contributed by atoms with Gasteiger partial charge in [-0.3, -0.25) is 14.7 Å². The first kappa shape index (κ1) is 22.9. The van der Waals surface area contributed by atoms with E-state index in [1.54, 1.807) is 0 Å². The molecule has 1 aromatic rings. The van der Waals surface area contributed by atoms with E-state index in [0.29, 0.717) is 18.6 Å². The third-order valence-electron chi connectivity index (χ3n) is 6.35. The van der Waals surface area contributed by atoms with Crippen molar-refractivity contribution in [3.63, 3.8) is 0 Å². The van der Waals surface area contributed by atoms with Crippen LogP contribution in [0.25, 0.3) is 0 Å². The number of esters is 1. The molecule has 0 radical (unpaired) electrons. The van der Waals surface area contributed by atoms with Gasteiger partial charge < -0.3 is 15.0 Å². The lowest BCUT2D eigenvalue weighted by Crippen LogP contribution is -2.49. The van der Waals surface area contributed by atoms with Crippen LogP contribution < -0.4 is 5.32 Å². The summed E-state index contributed by atoms with van der Waals surface area (Å²) >= 11 is 6.27. The maximum Gasteiger partial charge on any atom is 0.309 e. The lowest BCUT2D eigenvalue weighted by Gasteiger charge is -2.40. The Balaban J connectivity index is 1.59. The Labute approximate surface area is 185 Å². The molecule has 6 nitrogen and oxygen atoms in total. The first-order chi connectivity index (χ1) is 14.5. The topological polar surface area (TPSA) is 57.2 Å². The highest BCUT2D eigenvalue weighted by atomic mass is 35.5. The van der Waals surface area contributed by atoms with Gasteiger partial charge in [0.2, 0.25) is 0 Å². The van der Waals surface area contributed by atoms with E-state index in [4.69, 9.17) is 16.3 Å². The lowest BCUT2D eigenvalue weighted by molar-refractivity contribution is -0.149. The number of likely N-dealkylation sites (tertiary alicyclic amines) is 2. The molecule has 1 aromatic carbocycles. The number of halogens is 1. The van der Waals surface area contributed by atoms with Crippen molar-refractivity contribution in [1.82, 2.24) is 15.1 Å². The van der Waals surface area contributed by atoms with Gasteiger partial charge in [0.25, 0.3) is 0 Å². The van der Waals surface area contributed by atoms with Crippen LogP contribution in [0.3, 0.4) is 0 Å². The average Bonchev–Trinajstić information content (AvgIpc) is 2.75. The van der Waals surface area contributed by atoms with Crippen molar-refractivity contribution < 1.29 is 9.53 Å². The fourth-order valence-electron chi connectivity index (χ4n) is 4.83. The quantitative estimate of drug-likeness (QED) is 0.436. The van der Waals surface area contributed by atoms with Crippen LogP contribution >= 0.6 is 11.6 Å². The van der Waals surface area contributed by atoms with E-state index in [1.807, 2.05) is 26.1 Å². The first-order valence-corrected chi connectivity index (χ1v) is 11.5. The normalized spacial score (nSPS) is 24.0. The molecule has 30 heavy (non-hydrogen) atoms. The third-order valence-corrected chi connectivity index (χ3v) is 6.58. The van der Waals surface area contributed by atoms with E-state index in [-0.39, 0.29) is 11.9 Å². The lowest BCUT2D eigenvalue weighted by atomic mass is 9.85. The van der Waals surface area contributed by atoms with E-state index >= 15 is 0 Å². The van der Waals surface area contributed by atoms with Crippen LogP contribution in [-0.4, -0.2) is 68.6 Å². The summed E-state index contributed by atoms with van der Waals surface area (Å²) in [7, 11) is 4.04. The van der Waals surface area contributed by atoms with Gasteiger partial charge in [0.15, 0.2) is 5.96 Å². The number of carbonyl (C=O) groups is 1. The Morgan fingerprint density at radius 3 is 2.70 bits per heavy atom. The predicted octanol–water partition coefficient (Wildman–Crippen LogP) is 3.57. The summed E-state index contributed by atoms with van der Waals surface area (Å²) in [5.74, 6) is 1.36.